The maximum atomic E-state index is 12.9. The molecule has 1 fully saturated rings. The molecule has 82 valence electrons. The van der Waals surface area contributed by atoms with Gasteiger partial charge in [-0.25, -0.2) is 4.39 Å². The molecule has 1 amide bonds. The number of hydrogen-bond acceptors (Lipinski definition) is 2. The van der Waals surface area contributed by atoms with Crippen molar-refractivity contribution in [3.05, 3.63) is 0 Å². The Hall–Kier alpha value is -0.350. The van der Waals surface area contributed by atoms with Gasteiger partial charge < -0.3 is 4.90 Å². The second kappa shape index (κ2) is 5.51. The van der Waals surface area contributed by atoms with Crippen LogP contribution in [0.5, 0.6) is 0 Å². The zero-order valence-corrected chi connectivity index (χ0v) is 9.13. The summed E-state index contributed by atoms with van der Waals surface area (Å²) < 4.78 is 12.9. The minimum Gasteiger partial charge on any atom is -0.340 e. The van der Waals surface area contributed by atoms with Gasteiger partial charge in [0.15, 0.2) is 0 Å². The molecule has 0 aliphatic carbocycles. The Morgan fingerprint density at radius 2 is 2.00 bits per heavy atom. The van der Waals surface area contributed by atoms with Gasteiger partial charge in [0.05, 0.1) is 5.88 Å². The van der Waals surface area contributed by atoms with Crippen molar-refractivity contribution in [2.45, 2.75) is 13.1 Å². The van der Waals surface area contributed by atoms with Crippen molar-refractivity contribution in [2.75, 3.05) is 38.6 Å². The summed E-state index contributed by atoms with van der Waals surface area (Å²) in [5.41, 5.74) is 0. The van der Waals surface area contributed by atoms with Crippen LogP contribution in [0.3, 0.4) is 0 Å². The molecule has 0 radical (unpaired) electrons. The van der Waals surface area contributed by atoms with E-state index in [1.54, 1.807) is 11.8 Å². The van der Waals surface area contributed by atoms with Crippen molar-refractivity contribution in [2.24, 2.45) is 0 Å². The predicted molar refractivity (Wildman–Crippen MR) is 54.3 cm³/mol. The third kappa shape index (κ3) is 3.42. The summed E-state index contributed by atoms with van der Waals surface area (Å²) in [7, 11) is 0. The van der Waals surface area contributed by atoms with Crippen molar-refractivity contribution in [3.63, 3.8) is 0 Å². The highest BCUT2D eigenvalue weighted by atomic mass is 35.5. The highest BCUT2D eigenvalue weighted by Crippen LogP contribution is 2.05. The van der Waals surface area contributed by atoms with Gasteiger partial charge in [0.25, 0.3) is 0 Å². The summed E-state index contributed by atoms with van der Waals surface area (Å²) in [5.74, 6) is 0.145. The quantitative estimate of drug-likeness (QED) is 0.658. The molecule has 1 unspecified atom stereocenters. The Labute approximate surface area is 88.8 Å². The first-order valence-corrected chi connectivity index (χ1v) is 5.35. The fourth-order valence-corrected chi connectivity index (χ4v) is 1.67. The van der Waals surface area contributed by atoms with Crippen LogP contribution in [0, 0.1) is 0 Å². The number of alkyl halides is 2. The molecular weight excluding hydrogens is 207 g/mol. The molecular formula is C9H16ClFN2O. The maximum Gasteiger partial charge on any atom is 0.219 e. The SMILES string of the molecule is CC(=O)N1CCN(CC(F)CCl)CC1. The molecule has 1 rings (SSSR count). The topological polar surface area (TPSA) is 23.6 Å². The number of hydrogen-bond donors (Lipinski definition) is 0. The van der Waals surface area contributed by atoms with E-state index in [1.807, 2.05) is 4.90 Å². The van der Waals surface area contributed by atoms with Crippen LogP contribution < -0.4 is 0 Å². The lowest BCUT2D eigenvalue weighted by Crippen LogP contribution is -2.49. The summed E-state index contributed by atoms with van der Waals surface area (Å²) in [6.07, 6.45) is -0.958. The largest absolute Gasteiger partial charge is 0.340 e. The first kappa shape index (κ1) is 11.7. The molecule has 0 bridgehead atoms. The predicted octanol–water partition coefficient (Wildman–Crippen LogP) is 0.727. The molecule has 1 atom stereocenters. The van der Waals surface area contributed by atoms with Crippen LogP contribution >= 0.6 is 11.6 Å². The van der Waals surface area contributed by atoms with Crippen molar-refractivity contribution < 1.29 is 9.18 Å². The van der Waals surface area contributed by atoms with Gasteiger partial charge in [-0.15, -0.1) is 11.6 Å². The number of rotatable bonds is 3. The third-order valence-corrected chi connectivity index (χ3v) is 2.78. The summed E-state index contributed by atoms with van der Waals surface area (Å²) >= 11 is 5.38. The Morgan fingerprint density at radius 3 is 2.43 bits per heavy atom. The number of carbonyl (C=O) groups is 1. The molecule has 5 heteroatoms. The lowest BCUT2D eigenvalue weighted by molar-refractivity contribution is -0.130. The number of carbonyl (C=O) groups excluding carboxylic acids is 1. The van der Waals surface area contributed by atoms with E-state index in [1.165, 1.54) is 0 Å². The van der Waals surface area contributed by atoms with Gasteiger partial charge in [-0.05, 0) is 0 Å². The normalized spacial score (nSPS) is 20.9. The molecule has 0 aromatic rings. The first-order valence-electron chi connectivity index (χ1n) is 4.81. The number of nitrogens with zero attached hydrogens (tertiary/aromatic N) is 2. The standard InChI is InChI=1S/C9H16ClFN2O/c1-8(14)13-4-2-12(3-5-13)7-9(11)6-10/h9H,2-7H2,1H3. The Morgan fingerprint density at radius 1 is 1.43 bits per heavy atom. The molecule has 1 aliphatic rings. The lowest BCUT2D eigenvalue weighted by atomic mass is 10.3. The van der Waals surface area contributed by atoms with E-state index in [9.17, 15) is 9.18 Å². The van der Waals surface area contributed by atoms with Crippen LogP contribution in [-0.4, -0.2) is 60.5 Å². The molecule has 0 aromatic heterocycles. The second-order valence-electron chi connectivity index (χ2n) is 3.56. The zero-order valence-electron chi connectivity index (χ0n) is 8.38. The summed E-state index contributed by atoms with van der Waals surface area (Å²) in [4.78, 5) is 14.8. The van der Waals surface area contributed by atoms with E-state index in [0.29, 0.717) is 19.6 Å². The van der Waals surface area contributed by atoms with Crippen LogP contribution in [0.1, 0.15) is 6.92 Å². The number of piperazine rings is 1. The van der Waals surface area contributed by atoms with E-state index in [0.717, 1.165) is 13.1 Å². The molecule has 0 aromatic carbocycles. The van der Waals surface area contributed by atoms with E-state index < -0.39 is 6.17 Å². The van der Waals surface area contributed by atoms with Crippen LogP contribution in [0.15, 0.2) is 0 Å². The smallest absolute Gasteiger partial charge is 0.219 e. The van der Waals surface area contributed by atoms with Crippen LogP contribution in [0.2, 0.25) is 0 Å². The minimum atomic E-state index is -0.958. The molecule has 0 spiro atoms. The molecule has 1 saturated heterocycles. The van der Waals surface area contributed by atoms with Gasteiger partial charge in [-0.1, -0.05) is 0 Å². The Balaban J connectivity index is 2.25. The van der Waals surface area contributed by atoms with Crippen molar-refractivity contribution in [3.8, 4) is 0 Å². The van der Waals surface area contributed by atoms with Gasteiger partial charge in [-0.2, -0.15) is 0 Å². The average molecular weight is 223 g/mol. The minimum absolute atomic E-state index is 0.0485. The molecule has 0 saturated carbocycles. The van der Waals surface area contributed by atoms with Crippen molar-refractivity contribution >= 4 is 17.5 Å². The monoisotopic (exact) mass is 222 g/mol. The first-order chi connectivity index (χ1) is 6.63. The molecule has 0 N–H and O–H groups in total. The zero-order chi connectivity index (χ0) is 10.6. The number of amides is 1. The summed E-state index contributed by atoms with van der Waals surface area (Å²) in [5, 5.41) is 0. The van der Waals surface area contributed by atoms with E-state index in [2.05, 4.69) is 0 Å². The molecule has 14 heavy (non-hydrogen) atoms. The van der Waals surface area contributed by atoms with E-state index in [4.69, 9.17) is 11.6 Å². The highest BCUT2D eigenvalue weighted by molar-refractivity contribution is 6.18. The number of halogens is 2. The second-order valence-corrected chi connectivity index (χ2v) is 3.87. The van der Waals surface area contributed by atoms with Crippen LogP contribution in [0.4, 0.5) is 4.39 Å². The summed E-state index contributed by atoms with van der Waals surface area (Å²) in [6.45, 7) is 4.84. The Bertz CT molecular complexity index is 195. The fraction of sp³-hybridized carbons (Fsp3) is 0.889. The van der Waals surface area contributed by atoms with E-state index in [-0.39, 0.29) is 11.8 Å². The van der Waals surface area contributed by atoms with Gasteiger partial charge in [0.2, 0.25) is 5.91 Å². The van der Waals surface area contributed by atoms with Crippen molar-refractivity contribution in [1.82, 2.24) is 9.80 Å². The average Bonchev–Trinajstić information content (AvgIpc) is 2.18. The van der Waals surface area contributed by atoms with Crippen molar-refractivity contribution in [1.29, 1.82) is 0 Å². The van der Waals surface area contributed by atoms with Crippen LogP contribution in [-0.2, 0) is 4.79 Å². The maximum absolute atomic E-state index is 12.9. The third-order valence-electron chi connectivity index (χ3n) is 2.44. The van der Waals surface area contributed by atoms with Gasteiger partial charge in [0.1, 0.15) is 6.17 Å². The van der Waals surface area contributed by atoms with Crippen LogP contribution in [0.25, 0.3) is 0 Å². The lowest BCUT2D eigenvalue weighted by Gasteiger charge is -2.34. The molecule has 1 aliphatic heterocycles. The Kier molecular flexibility index (Phi) is 4.62. The fourth-order valence-electron chi connectivity index (χ4n) is 1.57. The molecule has 3 nitrogen and oxygen atoms in total. The molecule has 1 heterocycles. The summed E-state index contributed by atoms with van der Waals surface area (Å²) in [6, 6.07) is 0. The highest BCUT2D eigenvalue weighted by Gasteiger charge is 2.20. The van der Waals surface area contributed by atoms with Gasteiger partial charge in [0, 0.05) is 39.6 Å². The van der Waals surface area contributed by atoms with Gasteiger partial charge >= 0.3 is 0 Å². The van der Waals surface area contributed by atoms with Gasteiger partial charge in [-0.3, -0.25) is 9.69 Å². The van der Waals surface area contributed by atoms with E-state index >= 15 is 0 Å².